The van der Waals surface area contributed by atoms with E-state index in [4.69, 9.17) is 16.3 Å². The van der Waals surface area contributed by atoms with Crippen LogP contribution in [0.15, 0.2) is 24.3 Å². The van der Waals surface area contributed by atoms with Gasteiger partial charge in [-0.1, -0.05) is 11.6 Å². The fraction of sp³-hybridized carbons (Fsp3) is 0.579. The molecule has 0 unspecified atom stereocenters. The zero-order valence-electron chi connectivity index (χ0n) is 15.1. The Morgan fingerprint density at radius 2 is 1.89 bits per heavy atom. The highest BCUT2D eigenvalue weighted by atomic mass is 35.5. The first-order valence-corrected chi connectivity index (χ1v) is 9.80. The smallest absolute Gasteiger partial charge is 0.319 e. The van der Waals surface area contributed by atoms with Gasteiger partial charge >= 0.3 is 6.03 Å². The second-order valence-electron chi connectivity index (χ2n) is 7.12. The van der Waals surface area contributed by atoms with Crippen LogP contribution in [0.2, 0.25) is 5.02 Å². The van der Waals surface area contributed by atoms with Crippen LogP contribution < -0.4 is 16.0 Å². The molecule has 2 aliphatic rings. The van der Waals surface area contributed by atoms with E-state index in [1.807, 2.05) is 0 Å². The van der Waals surface area contributed by atoms with Crippen molar-refractivity contribution in [1.82, 2.24) is 10.6 Å². The van der Waals surface area contributed by atoms with E-state index in [2.05, 4.69) is 16.0 Å². The van der Waals surface area contributed by atoms with Gasteiger partial charge in [0, 0.05) is 23.2 Å². The van der Waals surface area contributed by atoms with Gasteiger partial charge in [0.05, 0.1) is 18.8 Å². The lowest BCUT2D eigenvalue weighted by molar-refractivity contribution is -0.129. The van der Waals surface area contributed by atoms with E-state index < -0.39 is 6.10 Å². The molecule has 1 heterocycles. The second kappa shape index (κ2) is 9.39. The van der Waals surface area contributed by atoms with Crippen molar-refractivity contribution in [3.63, 3.8) is 0 Å². The summed E-state index contributed by atoms with van der Waals surface area (Å²) in [5.74, 6) is 0.214. The molecule has 0 spiro atoms. The van der Waals surface area contributed by atoms with Crippen LogP contribution in [0.25, 0.3) is 0 Å². The zero-order chi connectivity index (χ0) is 19.2. The number of urea groups is 1. The van der Waals surface area contributed by atoms with Gasteiger partial charge in [0.1, 0.15) is 6.10 Å². The molecular formula is C19H26ClN3O4. The molecule has 148 valence electrons. The Bertz CT molecular complexity index is 651. The Morgan fingerprint density at radius 1 is 1.15 bits per heavy atom. The highest BCUT2D eigenvalue weighted by Crippen LogP contribution is 2.30. The molecule has 1 aromatic carbocycles. The van der Waals surface area contributed by atoms with Crippen LogP contribution in [-0.4, -0.2) is 48.4 Å². The maximum absolute atomic E-state index is 11.9. The number of rotatable bonds is 7. The van der Waals surface area contributed by atoms with Crippen LogP contribution in [0.3, 0.4) is 0 Å². The standard InChI is InChI=1S/C19H26ClN3O4/c20-13-3-5-14(6-4-13)22-19(26)21-10-9-15-7-8-16(17(11-24)27-15)23-18(25)12-1-2-12/h3-6,12,15-17,24H,1-2,7-11H2,(H,23,25)(H2,21,22,26)/t15-,16+,17-/m0/s1. The number of hydrogen-bond donors (Lipinski definition) is 4. The summed E-state index contributed by atoms with van der Waals surface area (Å²) in [6, 6.07) is 6.45. The zero-order valence-corrected chi connectivity index (χ0v) is 15.9. The van der Waals surface area contributed by atoms with E-state index in [9.17, 15) is 14.7 Å². The number of benzene rings is 1. The summed E-state index contributed by atoms with van der Waals surface area (Å²) in [5.41, 5.74) is 0.667. The number of aliphatic hydroxyl groups is 1. The number of halogens is 1. The maximum Gasteiger partial charge on any atom is 0.319 e. The van der Waals surface area contributed by atoms with Gasteiger partial charge in [-0.2, -0.15) is 0 Å². The summed E-state index contributed by atoms with van der Waals surface area (Å²) < 4.78 is 5.91. The minimum atomic E-state index is -0.394. The number of hydrogen-bond acceptors (Lipinski definition) is 4. The lowest BCUT2D eigenvalue weighted by atomic mass is 9.97. The fourth-order valence-corrected chi connectivity index (χ4v) is 3.34. The number of carbonyl (C=O) groups is 2. The Kier molecular flexibility index (Phi) is 6.93. The Labute approximate surface area is 163 Å². The van der Waals surface area contributed by atoms with E-state index >= 15 is 0 Å². The number of anilines is 1. The summed E-state index contributed by atoms with van der Waals surface area (Å²) in [6.45, 7) is 0.331. The second-order valence-corrected chi connectivity index (χ2v) is 7.56. The Balaban J connectivity index is 1.36. The van der Waals surface area contributed by atoms with Crippen molar-refractivity contribution >= 4 is 29.2 Å². The van der Waals surface area contributed by atoms with E-state index in [1.54, 1.807) is 24.3 Å². The van der Waals surface area contributed by atoms with Gasteiger partial charge in [0.2, 0.25) is 5.91 Å². The first kappa shape index (κ1) is 19.9. The molecule has 0 aromatic heterocycles. The molecule has 2 fully saturated rings. The highest BCUT2D eigenvalue weighted by molar-refractivity contribution is 6.30. The molecule has 1 aromatic rings. The highest BCUT2D eigenvalue weighted by Gasteiger charge is 2.36. The quantitative estimate of drug-likeness (QED) is 0.569. The first-order valence-electron chi connectivity index (χ1n) is 9.42. The molecule has 0 radical (unpaired) electrons. The molecule has 0 bridgehead atoms. The summed E-state index contributed by atoms with van der Waals surface area (Å²) in [4.78, 5) is 23.8. The Morgan fingerprint density at radius 3 is 2.56 bits per heavy atom. The van der Waals surface area contributed by atoms with Gasteiger partial charge in [0.15, 0.2) is 0 Å². The monoisotopic (exact) mass is 395 g/mol. The predicted molar refractivity (Wildman–Crippen MR) is 103 cm³/mol. The van der Waals surface area contributed by atoms with Crippen molar-refractivity contribution in [2.75, 3.05) is 18.5 Å². The molecule has 3 atom stereocenters. The number of ether oxygens (including phenoxy) is 1. The van der Waals surface area contributed by atoms with Gasteiger partial charge in [-0.3, -0.25) is 4.79 Å². The van der Waals surface area contributed by atoms with E-state index in [0.717, 1.165) is 25.7 Å². The lowest BCUT2D eigenvalue weighted by Crippen LogP contribution is -2.51. The molecule has 3 rings (SSSR count). The van der Waals surface area contributed by atoms with Crippen LogP contribution in [-0.2, 0) is 9.53 Å². The molecule has 8 heteroatoms. The van der Waals surface area contributed by atoms with Crippen LogP contribution in [0.5, 0.6) is 0 Å². The van der Waals surface area contributed by atoms with Gasteiger partial charge in [-0.15, -0.1) is 0 Å². The minimum Gasteiger partial charge on any atom is -0.394 e. The first-order chi connectivity index (χ1) is 13.0. The van der Waals surface area contributed by atoms with Crippen LogP contribution in [0.4, 0.5) is 10.5 Å². The molecule has 1 saturated carbocycles. The number of aliphatic hydroxyl groups excluding tert-OH is 1. The molecule has 1 saturated heterocycles. The van der Waals surface area contributed by atoms with Gasteiger partial charge in [-0.25, -0.2) is 4.79 Å². The summed E-state index contributed by atoms with van der Waals surface area (Å²) in [7, 11) is 0. The van der Waals surface area contributed by atoms with Crippen molar-refractivity contribution in [3.05, 3.63) is 29.3 Å². The third-order valence-electron chi connectivity index (χ3n) is 4.93. The van der Waals surface area contributed by atoms with Gasteiger partial charge < -0.3 is 25.8 Å². The molecule has 27 heavy (non-hydrogen) atoms. The maximum atomic E-state index is 11.9. The summed E-state index contributed by atoms with van der Waals surface area (Å²) >= 11 is 5.81. The Hall–Kier alpha value is -1.83. The largest absolute Gasteiger partial charge is 0.394 e. The van der Waals surface area contributed by atoms with Gasteiger partial charge in [-0.05, 0) is 56.4 Å². The third-order valence-corrected chi connectivity index (χ3v) is 5.18. The van der Waals surface area contributed by atoms with Crippen LogP contribution >= 0.6 is 11.6 Å². The molecule has 1 aliphatic carbocycles. The molecule has 4 N–H and O–H groups in total. The van der Waals surface area contributed by atoms with Crippen molar-refractivity contribution in [1.29, 1.82) is 0 Å². The van der Waals surface area contributed by atoms with Crippen molar-refractivity contribution in [3.8, 4) is 0 Å². The molecule has 1 aliphatic heterocycles. The normalized spacial score (nSPS) is 24.9. The number of nitrogens with one attached hydrogen (secondary N) is 3. The van der Waals surface area contributed by atoms with Crippen molar-refractivity contribution < 1.29 is 19.4 Å². The van der Waals surface area contributed by atoms with Crippen LogP contribution in [0, 0.1) is 5.92 Å². The topological polar surface area (TPSA) is 99.7 Å². The van der Waals surface area contributed by atoms with E-state index in [1.165, 1.54) is 0 Å². The number of amides is 3. The van der Waals surface area contributed by atoms with Crippen LogP contribution in [0.1, 0.15) is 32.1 Å². The predicted octanol–water partition coefficient (Wildman–Crippen LogP) is 2.29. The fourth-order valence-electron chi connectivity index (χ4n) is 3.21. The summed E-state index contributed by atoms with van der Waals surface area (Å²) in [6.07, 6.45) is 3.66. The SMILES string of the molecule is O=C(NCC[C@@H]1CC[C@@H](NC(=O)C2CC2)[C@H](CO)O1)Nc1ccc(Cl)cc1. The minimum absolute atomic E-state index is 0.0490. The third kappa shape index (κ3) is 6.09. The lowest BCUT2D eigenvalue weighted by Gasteiger charge is -2.36. The molecular weight excluding hydrogens is 370 g/mol. The molecule has 3 amide bonds. The average Bonchev–Trinajstić information content (AvgIpc) is 3.50. The summed E-state index contributed by atoms with van der Waals surface area (Å²) in [5, 5.41) is 18.7. The van der Waals surface area contributed by atoms with E-state index in [0.29, 0.717) is 23.7 Å². The van der Waals surface area contributed by atoms with E-state index in [-0.39, 0.29) is 36.6 Å². The number of carbonyl (C=O) groups excluding carboxylic acids is 2. The van der Waals surface area contributed by atoms with Crippen molar-refractivity contribution in [2.24, 2.45) is 5.92 Å². The van der Waals surface area contributed by atoms with Crippen molar-refractivity contribution in [2.45, 2.75) is 50.4 Å². The molecule has 7 nitrogen and oxygen atoms in total. The van der Waals surface area contributed by atoms with Gasteiger partial charge in [0.25, 0.3) is 0 Å². The average molecular weight is 396 g/mol.